The first kappa shape index (κ1) is 13.8. The Morgan fingerprint density at radius 2 is 1.75 bits per heavy atom. The van der Waals surface area contributed by atoms with Crippen LogP contribution in [0.2, 0.25) is 0 Å². The SMILES string of the molecule is C[C@@H]1CC[C@H]2[C@@H](C1)C1=C(OC(C)(C)OC1=O)OC2(C)C. The van der Waals surface area contributed by atoms with Crippen LogP contribution >= 0.6 is 0 Å². The molecule has 0 amide bonds. The van der Waals surface area contributed by atoms with E-state index in [-0.39, 0.29) is 17.5 Å². The van der Waals surface area contributed by atoms with Gasteiger partial charge in [-0.15, -0.1) is 0 Å². The van der Waals surface area contributed by atoms with Gasteiger partial charge in [0.1, 0.15) is 11.2 Å². The van der Waals surface area contributed by atoms with Crippen LogP contribution in [0.15, 0.2) is 11.5 Å². The van der Waals surface area contributed by atoms with Gasteiger partial charge in [0.05, 0.1) is 0 Å². The number of esters is 1. The Kier molecular flexibility index (Phi) is 2.86. The van der Waals surface area contributed by atoms with Crippen molar-refractivity contribution in [1.82, 2.24) is 0 Å². The maximum absolute atomic E-state index is 12.4. The quantitative estimate of drug-likeness (QED) is 0.638. The zero-order valence-electron chi connectivity index (χ0n) is 13.0. The van der Waals surface area contributed by atoms with Crippen LogP contribution < -0.4 is 0 Å². The lowest BCUT2D eigenvalue weighted by molar-refractivity contribution is -0.252. The molecule has 3 aliphatic rings. The highest BCUT2D eigenvalue weighted by atomic mass is 16.8. The fourth-order valence-corrected chi connectivity index (χ4v) is 3.89. The summed E-state index contributed by atoms with van der Waals surface area (Å²) in [5.41, 5.74) is 0.331. The maximum atomic E-state index is 12.4. The predicted octanol–water partition coefficient (Wildman–Crippen LogP) is 3.37. The third kappa shape index (κ3) is 2.09. The van der Waals surface area contributed by atoms with Crippen molar-refractivity contribution in [2.45, 2.75) is 65.3 Å². The van der Waals surface area contributed by atoms with Crippen LogP contribution in [-0.2, 0) is 19.0 Å². The highest BCUT2D eigenvalue weighted by Gasteiger charge is 2.53. The lowest BCUT2D eigenvalue weighted by Gasteiger charge is -2.50. The van der Waals surface area contributed by atoms with Crippen LogP contribution in [0.1, 0.15) is 53.9 Å². The summed E-state index contributed by atoms with van der Waals surface area (Å²) in [5, 5.41) is 0. The van der Waals surface area contributed by atoms with Crippen LogP contribution in [0.5, 0.6) is 0 Å². The fraction of sp³-hybridized carbons (Fsp3) is 0.812. The zero-order chi connectivity index (χ0) is 14.7. The minimum absolute atomic E-state index is 0.195. The average molecular weight is 280 g/mol. The largest absolute Gasteiger partial charge is 0.459 e. The van der Waals surface area contributed by atoms with E-state index in [0.717, 1.165) is 12.8 Å². The minimum Gasteiger partial charge on any atom is -0.459 e. The normalized spacial score (nSPS) is 38.0. The summed E-state index contributed by atoms with van der Waals surface area (Å²) in [5.74, 6) is 0.360. The Labute approximate surface area is 120 Å². The van der Waals surface area contributed by atoms with Gasteiger partial charge < -0.3 is 14.2 Å². The molecular formula is C16H24O4. The van der Waals surface area contributed by atoms with Crippen molar-refractivity contribution in [3.05, 3.63) is 11.5 Å². The number of carbonyl (C=O) groups excluding carboxylic acids is 1. The first-order valence-corrected chi connectivity index (χ1v) is 7.55. The molecule has 0 spiro atoms. The molecule has 4 nitrogen and oxygen atoms in total. The Bertz CT molecular complexity index is 475. The Hall–Kier alpha value is -1.19. The molecule has 0 unspecified atom stereocenters. The number of rotatable bonds is 0. The molecular weight excluding hydrogens is 256 g/mol. The zero-order valence-corrected chi connectivity index (χ0v) is 13.0. The lowest BCUT2D eigenvalue weighted by Crippen LogP contribution is -2.51. The van der Waals surface area contributed by atoms with Gasteiger partial charge >= 0.3 is 5.97 Å². The molecule has 1 saturated carbocycles. The third-order valence-electron chi connectivity index (χ3n) is 4.85. The number of ether oxygens (including phenoxy) is 3. The van der Waals surface area contributed by atoms with Crippen LogP contribution in [-0.4, -0.2) is 17.4 Å². The Morgan fingerprint density at radius 3 is 2.45 bits per heavy atom. The van der Waals surface area contributed by atoms with Gasteiger partial charge in [-0.05, 0) is 32.6 Å². The van der Waals surface area contributed by atoms with Gasteiger partial charge in [-0.25, -0.2) is 4.79 Å². The topological polar surface area (TPSA) is 44.8 Å². The standard InChI is InChI=1S/C16H24O4/c1-9-6-7-11-10(8-9)12-13(17)18-16(4,5)20-14(12)19-15(11,2)3/h9-11H,6-8H2,1-5H3/t9-,10-,11+/m1/s1. The smallest absolute Gasteiger partial charge is 0.344 e. The second-order valence-electron chi connectivity index (χ2n) is 7.43. The summed E-state index contributed by atoms with van der Waals surface area (Å²) in [6.45, 7) is 9.92. The van der Waals surface area contributed by atoms with E-state index in [1.807, 2.05) is 0 Å². The second-order valence-corrected chi connectivity index (χ2v) is 7.43. The van der Waals surface area contributed by atoms with E-state index in [0.29, 0.717) is 23.4 Å². The molecule has 2 aliphatic heterocycles. The molecule has 4 heteroatoms. The monoisotopic (exact) mass is 280 g/mol. The van der Waals surface area contributed by atoms with E-state index in [1.54, 1.807) is 13.8 Å². The molecule has 0 radical (unpaired) electrons. The van der Waals surface area contributed by atoms with E-state index >= 15 is 0 Å². The lowest BCUT2D eigenvalue weighted by atomic mass is 9.64. The van der Waals surface area contributed by atoms with Crippen LogP contribution in [0.3, 0.4) is 0 Å². The first-order valence-electron chi connectivity index (χ1n) is 7.55. The van der Waals surface area contributed by atoms with Gasteiger partial charge in [0.25, 0.3) is 11.7 Å². The first-order chi connectivity index (χ1) is 9.20. The van der Waals surface area contributed by atoms with E-state index in [4.69, 9.17) is 14.2 Å². The van der Waals surface area contributed by atoms with Gasteiger partial charge in [0.2, 0.25) is 0 Å². The highest BCUT2D eigenvalue weighted by molar-refractivity contribution is 5.90. The fourth-order valence-electron chi connectivity index (χ4n) is 3.89. The molecule has 0 aromatic rings. The molecule has 0 N–H and O–H groups in total. The summed E-state index contributed by atoms with van der Waals surface area (Å²) in [7, 11) is 0. The summed E-state index contributed by atoms with van der Waals surface area (Å²) >= 11 is 0. The maximum Gasteiger partial charge on any atom is 0.344 e. The third-order valence-corrected chi connectivity index (χ3v) is 4.85. The molecule has 0 aromatic heterocycles. The summed E-state index contributed by atoms with van der Waals surface area (Å²) < 4.78 is 17.2. The van der Waals surface area contributed by atoms with Gasteiger partial charge in [-0.2, -0.15) is 0 Å². The summed E-state index contributed by atoms with van der Waals surface area (Å²) in [6, 6.07) is 0. The molecule has 1 fully saturated rings. The highest BCUT2D eigenvalue weighted by Crippen LogP contribution is 2.51. The molecule has 0 bridgehead atoms. The van der Waals surface area contributed by atoms with Gasteiger partial charge in [0, 0.05) is 25.7 Å². The van der Waals surface area contributed by atoms with Crippen LogP contribution in [0, 0.1) is 17.8 Å². The van der Waals surface area contributed by atoms with Gasteiger partial charge in [0.15, 0.2) is 0 Å². The Morgan fingerprint density at radius 1 is 1.05 bits per heavy atom. The number of carbonyl (C=O) groups is 1. The molecule has 1 aliphatic carbocycles. The number of hydrogen-bond donors (Lipinski definition) is 0. The van der Waals surface area contributed by atoms with Crippen LogP contribution in [0.25, 0.3) is 0 Å². The average Bonchev–Trinajstić information content (AvgIpc) is 2.24. The molecule has 3 rings (SSSR count). The molecule has 20 heavy (non-hydrogen) atoms. The van der Waals surface area contributed by atoms with E-state index < -0.39 is 5.79 Å². The summed E-state index contributed by atoms with van der Waals surface area (Å²) in [6.07, 6.45) is 3.29. The van der Waals surface area contributed by atoms with Crippen molar-refractivity contribution in [2.24, 2.45) is 17.8 Å². The van der Waals surface area contributed by atoms with Gasteiger partial charge in [-0.3, -0.25) is 0 Å². The number of fused-ring (bicyclic) bond motifs is 2. The molecule has 112 valence electrons. The van der Waals surface area contributed by atoms with Crippen molar-refractivity contribution in [3.8, 4) is 0 Å². The van der Waals surface area contributed by atoms with E-state index in [2.05, 4.69) is 20.8 Å². The molecule has 2 heterocycles. The minimum atomic E-state index is -0.945. The second kappa shape index (κ2) is 4.15. The number of cyclic esters (lactones) is 1. The van der Waals surface area contributed by atoms with Gasteiger partial charge in [-0.1, -0.05) is 13.3 Å². The van der Waals surface area contributed by atoms with E-state index in [1.165, 1.54) is 6.42 Å². The van der Waals surface area contributed by atoms with Crippen molar-refractivity contribution >= 4 is 5.97 Å². The van der Waals surface area contributed by atoms with Crippen molar-refractivity contribution in [2.75, 3.05) is 0 Å². The Balaban J connectivity index is 2.04. The molecule has 0 aromatic carbocycles. The summed E-state index contributed by atoms with van der Waals surface area (Å²) in [4.78, 5) is 12.4. The molecule has 0 saturated heterocycles. The van der Waals surface area contributed by atoms with Crippen molar-refractivity contribution in [1.29, 1.82) is 0 Å². The van der Waals surface area contributed by atoms with Crippen LogP contribution in [0.4, 0.5) is 0 Å². The number of hydrogen-bond acceptors (Lipinski definition) is 4. The predicted molar refractivity (Wildman–Crippen MR) is 73.4 cm³/mol. The van der Waals surface area contributed by atoms with Crippen molar-refractivity contribution < 1.29 is 19.0 Å². The van der Waals surface area contributed by atoms with Crippen molar-refractivity contribution in [3.63, 3.8) is 0 Å². The van der Waals surface area contributed by atoms with E-state index in [9.17, 15) is 4.79 Å². The molecule has 3 atom stereocenters.